The molecule has 5 heteroatoms. The van der Waals surface area contributed by atoms with E-state index in [9.17, 15) is 20.1 Å². The van der Waals surface area contributed by atoms with Crippen molar-refractivity contribution < 1.29 is 24.9 Å². The fraction of sp³-hybridized carbons (Fsp3) is 0.0909. The highest BCUT2D eigenvalue weighted by Gasteiger charge is 2.21. The van der Waals surface area contributed by atoms with Crippen molar-refractivity contribution in [1.82, 2.24) is 0 Å². The number of aliphatic hydroxyl groups is 1. The molecule has 0 heterocycles. The largest absolute Gasteiger partial charge is 0.511 e. The van der Waals surface area contributed by atoms with Crippen LogP contribution in [-0.4, -0.2) is 27.7 Å². The molecule has 0 aromatic heterocycles. The lowest BCUT2D eigenvalue weighted by atomic mass is 9.93. The van der Waals surface area contributed by atoms with Crippen molar-refractivity contribution in [3.63, 3.8) is 0 Å². The van der Waals surface area contributed by atoms with Gasteiger partial charge in [0.2, 0.25) is 0 Å². The number of ketones is 1. The second-order valence-corrected chi connectivity index (χ2v) is 5.98. The smallest absolute Gasteiger partial charge is 0.196 e. The van der Waals surface area contributed by atoms with Crippen LogP contribution in [0.1, 0.15) is 27.9 Å². The van der Waals surface area contributed by atoms with Gasteiger partial charge >= 0.3 is 0 Å². The summed E-state index contributed by atoms with van der Waals surface area (Å²) in [4.78, 5) is 12.8. The van der Waals surface area contributed by atoms with E-state index < -0.39 is 5.78 Å². The van der Waals surface area contributed by atoms with E-state index in [0.29, 0.717) is 35.5 Å². The number of benzene rings is 2. The van der Waals surface area contributed by atoms with Crippen LogP contribution in [0.25, 0.3) is 5.57 Å². The van der Waals surface area contributed by atoms with E-state index in [1.807, 2.05) is 6.08 Å². The zero-order chi connectivity index (χ0) is 19.4. The average Bonchev–Trinajstić information content (AvgIpc) is 2.66. The summed E-state index contributed by atoms with van der Waals surface area (Å²) in [5.74, 6) is -0.222. The second kappa shape index (κ2) is 7.83. The molecule has 27 heavy (non-hydrogen) atoms. The second-order valence-electron chi connectivity index (χ2n) is 5.98. The Labute approximate surface area is 157 Å². The molecule has 0 saturated carbocycles. The van der Waals surface area contributed by atoms with Crippen LogP contribution in [0.4, 0.5) is 0 Å². The van der Waals surface area contributed by atoms with Gasteiger partial charge in [0.25, 0.3) is 0 Å². The van der Waals surface area contributed by atoms with Gasteiger partial charge in [0.1, 0.15) is 29.6 Å². The maximum Gasteiger partial charge on any atom is 0.196 e. The van der Waals surface area contributed by atoms with Gasteiger partial charge in [-0.05, 0) is 36.3 Å². The van der Waals surface area contributed by atoms with Gasteiger partial charge in [0.05, 0.1) is 11.1 Å². The molecule has 0 amide bonds. The van der Waals surface area contributed by atoms with Crippen LogP contribution in [0.3, 0.4) is 0 Å². The van der Waals surface area contributed by atoms with E-state index in [2.05, 4.69) is 6.58 Å². The summed E-state index contributed by atoms with van der Waals surface area (Å²) in [6.45, 7) is 3.92. The minimum absolute atomic E-state index is 0.0774. The molecule has 0 atom stereocenters. The van der Waals surface area contributed by atoms with Crippen LogP contribution < -0.4 is 0 Å². The first-order valence-electron chi connectivity index (χ1n) is 8.39. The molecule has 2 aromatic carbocycles. The number of phenolic OH excluding ortho intramolecular Hbond substituents is 2. The number of carbonyl (C=O) groups excluding carboxylic acids is 1. The average molecular weight is 363 g/mol. The molecule has 3 N–H and O–H groups in total. The number of aliphatic hydroxyl groups excluding tert-OH is 1. The van der Waals surface area contributed by atoms with Crippen LogP contribution in [-0.2, 0) is 4.74 Å². The summed E-state index contributed by atoms with van der Waals surface area (Å²) in [6.07, 6.45) is 5.67. The lowest BCUT2D eigenvalue weighted by Gasteiger charge is -2.19. The topological polar surface area (TPSA) is 87.0 Å². The van der Waals surface area contributed by atoms with Crippen molar-refractivity contribution in [3.05, 3.63) is 95.8 Å². The van der Waals surface area contributed by atoms with E-state index >= 15 is 0 Å². The lowest BCUT2D eigenvalue weighted by molar-refractivity contribution is 0.103. The summed E-state index contributed by atoms with van der Waals surface area (Å²) in [6, 6.07) is 10.5. The molecule has 0 saturated heterocycles. The molecular weight excluding hydrogens is 344 g/mol. The molecule has 0 fully saturated rings. The van der Waals surface area contributed by atoms with Crippen LogP contribution in [0.2, 0.25) is 0 Å². The monoisotopic (exact) mass is 363 g/mol. The number of allylic oxidation sites excluding steroid dienone is 3. The van der Waals surface area contributed by atoms with Crippen molar-refractivity contribution in [3.8, 4) is 11.5 Å². The third kappa shape index (κ3) is 3.87. The SMILES string of the molecule is C=CCOC1=CC[CH]C(O)=C1c1cccc(C(=O)c2ccc(O)cc2O)c1. The zero-order valence-electron chi connectivity index (χ0n) is 14.6. The minimum Gasteiger partial charge on any atom is -0.511 e. The summed E-state index contributed by atoms with van der Waals surface area (Å²) in [7, 11) is 0. The van der Waals surface area contributed by atoms with Gasteiger partial charge in [0.15, 0.2) is 5.78 Å². The maximum atomic E-state index is 12.8. The van der Waals surface area contributed by atoms with Crippen molar-refractivity contribution >= 4 is 11.4 Å². The number of phenols is 2. The minimum atomic E-state index is -0.397. The van der Waals surface area contributed by atoms with Gasteiger partial charge < -0.3 is 20.1 Å². The molecular formula is C22H19O5. The van der Waals surface area contributed by atoms with Crippen molar-refractivity contribution in [2.24, 2.45) is 0 Å². The van der Waals surface area contributed by atoms with E-state index in [0.717, 1.165) is 6.07 Å². The highest BCUT2D eigenvalue weighted by atomic mass is 16.5. The molecule has 1 radical (unpaired) electrons. The number of hydrogen-bond acceptors (Lipinski definition) is 5. The highest BCUT2D eigenvalue weighted by Crippen LogP contribution is 2.33. The highest BCUT2D eigenvalue weighted by molar-refractivity contribution is 6.11. The predicted molar refractivity (Wildman–Crippen MR) is 102 cm³/mol. The fourth-order valence-electron chi connectivity index (χ4n) is 2.86. The van der Waals surface area contributed by atoms with Gasteiger partial charge in [-0.2, -0.15) is 0 Å². The summed E-state index contributed by atoms with van der Waals surface area (Å²) in [5, 5.41) is 29.7. The normalized spacial score (nSPS) is 13.9. The lowest BCUT2D eigenvalue weighted by Crippen LogP contribution is -2.07. The molecule has 0 aliphatic heterocycles. The third-order valence-electron chi connectivity index (χ3n) is 4.11. The van der Waals surface area contributed by atoms with Gasteiger partial charge in [-0.15, -0.1) is 0 Å². The Morgan fingerprint density at radius 2 is 1.96 bits per heavy atom. The molecule has 3 rings (SSSR count). The Balaban J connectivity index is 1.98. The Morgan fingerprint density at radius 1 is 1.15 bits per heavy atom. The number of hydrogen-bond donors (Lipinski definition) is 3. The van der Waals surface area contributed by atoms with Crippen molar-refractivity contribution in [2.75, 3.05) is 6.61 Å². The maximum absolute atomic E-state index is 12.8. The van der Waals surface area contributed by atoms with Crippen molar-refractivity contribution in [1.29, 1.82) is 0 Å². The summed E-state index contributed by atoms with van der Waals surface area (Å²) >= 11 is 0. The molecule has 0 unspecified atom stereocenters. The zero-order valence-corrected chi connectivity index (χ0v) is 14.6. The van der Waals surface area contributed by atoms with Crippen LogP contribution in [0.15, 0.2) is 72.7 Å². The first kappa shape index (κ1) is 18.3. The van der Waals surface area contributed by atoms with Gasteiger partial charge in [-0.1, -0.05) is 30.9 Å². The third-order valence-corrected chi connectivity index (χ3v) is 4.11. The van der Waals surface area contributed by atoms with E-state index in [4.69, 9.17) is 4.74 Å². The number of ether oxygens (including phenoxy) is 1. The molecule has 0 spiro atoms. The Bertz CT molecular complexity index is 953. The fourth-order valence-corrected chi connectivity index (χ4v) is 2.86. The van der Waals surface area contributed by atoms with E-state index in [-0.39, 0.29) is 22.8 Å². The van der Waals surface area contributed by atoms with Gasteiger partial charge in [0, 0.05) is 18.1 Å². The molecule has 0 bridgehead atoms. The molecule has 1 aliphatic carbocycles. The van der Waals surface area contributed by atoms with Crippen LogP contribution in [0, 0.1) is 6.42 Å². The summed E-state index contributed by atoms with van der Waals surface area (Å²) in [5.41, 5.74) is 1.52. The predicted octanol–water partition coefficient (Wildman–Crippen LogP) is 4.29. The quantitative estimate of drug-likeness (QED) is 0.526. The van der Waals surface area contributed by atoms with E-state index in [1.165, 1.54) is 12.1 Å². The first-order valence-corrected chi connectivity index (χ1v) is 8.39. The number of carbonyl (C=O) groups is 1. The molecule has 1 aliphatic rings. The summed E-state index contributed by atoms with van der Waals surface area (Å²) < 4.78 is 5.64. The Kier molecular flexibility index (Phi) is 5.31. The van der Waals surface area contributed by atoms with Gasteiger partial charge in [-0.3, -0.25) is 4.79 Å². The first-order chi connectivity index (χ1) is 13.0. The number of rotatable bonds is 6. The van der Waals surface area contributed by atoms with E-state index in [1.54, 1.807) is 36.8 Å². The Morgan fingerprint density at radius 3 is 2.70 bits per heavy atom. The molecule has 137 valence electrons. The molecule has 2 aromatic rings. The van der Waals surface area contributed by atoms with Crippen LogP contribution >= 0.6 is 0 Å². The standard InChI is InChI=1S/C22H19O5/c1-2-11-27-20-8-4-7-18(24)21(20)14-5-3-6-15(12-14)22(26)17-10-9-16(23)13-19(17)25/h2-3,5-10,12-13,23-25H,1,4,11H2. The Hall–Kier alpha value is -3.47. The molecule has 5 nitrogen and oxygen atoms in total. The number of aromatic hydroxyl groups is 2. The van der Waals surface area contributed by atoms with Crippen molar-refractivity contribution in [2.45, 2.75) is 6.42 Å². The van der Waals surface area contributed by atoms with Gasteiger partial charge in [-0.25, -0.2) is 0 Å². The van der Waals surface area contributed by atoms with Crippen LogP contribution in [0.5, 0.6) is 11.5 Å².